The van der Waals surface area contributed by atoms with E-state index in [-0.39, 0.29) is 23.9 Å². The molecule has 0 amide bonds. The minimum atomic E-state index is -0.328. The smallest absolute Gasteiger partial charge is 0.143 e. The Morgan fingerprint density at radius 3 is 2.84 bits per heavy atom. The molecule has 2 aliphatic rings. The van der Waals surface area contributed by atoms with Gasteiger partial charge in [-0.3, -0.25) is 9.78 Å². The molecule has 4 rings (SSSR count). The van der Waals surface area contributed by atoms with Crippen LogP contribution in [-0.2, 0) is 16.0 Å². The van der Waals surface area contributed by atoms with Gasteiger partial charge in [0.1, 0.15) is 11.6 Å². The van der Waals surface area contributed by atoms with Gasteiger partial charge in [-0.2, -0.15) is 0 Å². The number of hydrogen-bond donors (Lipinski definition) is 2. The second-order valence-corrected chi connectivity index (χ2v) is 8.91. The van der Waals surface area contributed by atoms with Gasteiger partial charge < -0.3 is 15.4 Å². The van der Waals surface area contributed by atoms with Crippen LogP contribution in [0, 0.1) is 17.7 Å². The Labute approximate surface area is 187 Å². The molecule has 0 radical (unpaired) electrons. The largest absolute Gasteiger partial charge is 0.385 e. The number of nitrogens with one attached hydrogen (secondary N) is 2. The van der Waals surface area contributed by atoms with Crippen molar-refractivity contribution in [2.24, 2.45) is 11.8 Å². The molecule has 0 spiro atoms. The van der Waals surface area contributed by atoms with Crippen molar-refractivity contribution in [1.29, 1.82) is 0 Å². The molecule has 0 unspecified atom stereocenters. The van der Waals surface area contributed by atoms with Crippen LogP contribution in [0.15, 0.2) is 30.5 Å². The van der Waals surface area contributed by atoms with Gasteiger partial charge in [-0.15, -0.1) is 0 Å². The van der Waals surface area contributed by atoms with Crippen LogP contribution >= 0.6 is 11.6 Å². The molecule has 7 heteroatoms. The van der Waals surface area contributed by atoms with E-state index in [0.717, 1.165) is 64.2 Å². The highest BCUT2D eigenvalue weighted by molar-refractivity contribution is 6.33. The zero-order chi connectivity index (χ0) is 21.6. The van der Waals surface area contributed by atoms with Crippen LogP contribution in [0.4, 0.5) is 10.1 Å². The Hall–Kier alpha value is -2.02. The van der Waals surface area contributed by atoms with Gasteiger partial charge >= 0.3 is 0 Å². The van der Waals surface area contributed by atoms with E-state index in [1.165, 1.54) is 12.1 Å². The molecule has 166 valence electrons. The fourth-order valence-corrected chi connectivity index (χ4v) is 4.52. The molecule has 1 atom stereocenters. The van der Waals surface area contributed by atoms with E-state index in [1.54, 1.807) is 6.20 Å². The maximum absolute atomic E-state index is 14.4. The third-order valence-electron chi connectivity index (χ3n) is 6.16. The van der Waals surface area contributed by atoms with Gasteiger partial charge in [0.05, 0.1) is 5.02 Å². The van der Waals surface area contributed by atoms with E-state index in [4.69, 9.17) is 16.3 Å². The Balaban J connectivity index is 1.49. The fraction of sp³-hybridized carbons (Fsp3) is 0.500. The highest BCUT2D eigenvalue weighted by atomic mass is 35.5. The molecule has 31 heavy (non-hydrogen) atoms. The number of aromatic nitrogens is 1. The number of hydrogen-bond acceptors (Lipinski definition) is 5. The number of rotatable bonds is 7. The standard InChI is InChI=1S/C24H29ClFN3O2/c25-23-15-29-21(12-24(30)17-2-1-5-27-14-17)11-22(23)18-8-19(26)10-20(9-18)28-13-16-3-6-31-7-4-16/h8-11,15-17,27-28H,1-7,12-14H2/t17-/m0/s1. The molecule has 3 heterocycles. The van der Waals surface area contributed by atoms with Crippen LogP contribution in [-0.4, -0.2) is 43.6 Å². The van der Waals surface area contributed by atoms with Gasteiger partial charge in [0.25, 0.3) is 0 Å². The van der Waals surface area contributed by atoms with Gasteiger partial charge in [-0.1, -0.05) is 11.6 Å². The maximum Gasteiger partial charge on any atom is 0.143 e. The number of halogens is 2. The minimum Gasteiger partial charge on any atom is -0.385 e. The second kappa shape index (κ2) is 10.5. The molecule has 2 fully saturated rings. The lowest BCUT2D eigenvalue weighted by Crippen LogP contribution is -2.35. The van der Waals surface area contributed by atoms with E-state index in [0.29, 0.717) is 27.8 Å². The van der Waals surface area contributed by atoms with Gasteiger partial charge in [-0.05, 0) is 68.0 Å². The van der Waals surface area contributed by atoms with Crippen molar-refractivity contribution in [1.82, 2.24) is 10.3 Å². The molecule has 2 aliphatic heterocycles. The van der Waals surface area contributed by atoms with Crippen molar-refractivity contribution in [3.05, 3.63) is 47.0 Å². The summed E-state index contributed by atoms with van der Waals surface area (Å²) < 4.78 is 19.8. The van der Waals surface area contributed by atoms with E-state index in [2.05, 4.69) is 15.6 Å². The van der Waals surface area contributed by atoms with Crippen molar-refractivity contribution < 1.29 is 13.9 Å². The van der Waals surface area contributed by atoms with E-state index >= 15 is 0 Å². The van der Waals surface area contributed by atoms with Crippen LogP contribution in [0.3, 0.4) is 0 Å². The zero-order valence-electron chi connectivity index (χ0n) is 17.6. The van der Waals surface area contributed by atoms with E-state index in [9.17, 15) is 9.18 Å². The van der Waals surface area contributed by atoms with E-state index in [1.807, 2.05) is 12.1 Å². The lowest BCUT2D eigenvalue weighted by molar-refractivity contribution is -0.122. The Kier molecular flexibility index (Phi) is 7.54. The topological polar surface area (TPSA) is 63.2 Å². The lowest BCUT2D eigenvalue weighted by Gasteiger charge is -2.23. The highest BCUT2D eigenvalue weighted by Gasteiger charge is 2.22. The third-order valence-corrected chi connectivity index (χ3v) is 6.47. The Morgan fingerprint density at radius 2 is 2.06 bits per heavy atom. The van der Waals surface area contributed by atoms with E-state index < -0.39 is 0 Å². The molecular formula is C24H29ClFN3O2. The zero-order valence-corrected chi connectivity index (χ0v) is 18.4. The first-order valence-corrected chi connectivity index (χ1v) is 11.5. The lowest BCUT2D eigenvalue weighted by atomic mass is 9.92. The minimum absolute atomic E-state index is 0.0323. The van der Waals surface area contributed by atoms with Crippen molar-refractivity contribution in [3.63, 3.8) is 0 Å². The van der Waals surface area contributed by atoms with Crippen molar-refractivity contribution in [2.75, 3.05) is 38.2 Å². The molecule has 1 aromatic carbocycles. The van der Waals surface area contributed by atoms with Crippen molar-refractivity contribution in [3.8, 4) is 11.1 Å². The van der Waals surface area contributed by atoms with Crippen LogP contribution in [0.2, 0.25) is 5.02 Å². The molecule has 2 N–H and O–H groups in total. The van der Waals surface area contributed by atoms with Gasteiger partial charge in [0.15, 0.2) is 0 Å². The van der Waals surface area contributed by atoms with Crippen LogP contribution in [0.25, 0.3) is 11.1 Å². The summed E-state index contributed by atoms with van der Waals surface area (Å²) in [7, 11) is 0. The summed E-state index contributed by atoms with van der Waals surface area (Å²) in [5.41, 5.74) is 2.75. The average Bonchev–Trinajstić information content (AvgIpc) is 2.80. The SMILES string of the molecule is O=C(Cc1cc(-c2cc(F)cc(NCC3CCOCC3)c2)c(Cl)cn1)[C@H]1CCCNC1. The van der Waals surface area contributed by atoms with Gasteiger partial charge in [0, 0.05) is 61.8 Å². The fourth-order valence-electron chi connectivity index (χ4n) is 4.31. The number of nitrogens with zero attached hydrogens (tertiary/aromatic N) is 1. The Morgan fingerprint density at radius 1 is 1.23 bits per heavy atom. The normalized spacial score (nSPS) is 19.9. The monoisotopic (exact) mass is 445 g/mol. The van der Waals surface area contributed by atoms with Crippen LogP contribution < -0.4 is 10.6 Å². The highest BCUT2D eigenvalue weighted by Crippen LogP contribution is 2.31. The third kappa shape index (κ3) is 6.03. The predicted octanol–water partition coefficient (Wildman–Crippen LogP) is 4.49. The first kappa shape index (κ1) is 22.2. The van der Waals surface area contributed by atoms with Crippen LogP contribution in [0.1, 0.15) is 31.4 Å². The number of carbonyl (C=O) groups excluding carboxylic acids is 1. The molecule has 1 aromatic heterocycles. The van der Waals surface area contributed by atoms with Crippen LogP contribution in [0.5, 0.6) is 0 Å². The number of pyridine rings is 1. The number of ketones is 1. The van der Waals surface area contributed by atoms with Crippen molar-refractivity contribution >= 4 is 23.1 Å². The molecule has 2 aromatic rings. The van der Waals surface area contributed by atoms with Gasteiger partial charge in [-0.25, -0.2) is 4.39 Å². The molecule has 0 bridgehead atoms. The summed E-state index contributed by atoms with van der Waals surface area (Å²) >= 11 is 6.41. The molecule has 2 saturated heterocycles. The summed E-state index contributed by atoms with van der Waals surface area (Å²) in [6.45, 7) is 4.05. The summed E-state index contributed by atoms with van der Waals surface area (Å²) in [6.07, 6.45) is 5.78. The Bertz CT molecular complexity index is 912. The molecule has 0 aliphatic carbocycles. The summed E-state index contributed by atoms with van der Waals surface area (Å²) in [4.78, 5) is 17.0. The number of anilines is 1. The molecular weight excluding hydrogens is 417 g/mol. The maximum atomic E-state index is 14.4. The summed E-state index contributed by atoms with van der Waals surface area (Å²) in [6, 6.07) is 6.68. The van der Waals surface area contributed by atoms with Crippen molar-refractivity contribution in [2.45, 2.75) is 32.1 Å². The number of piperidine rings is 1. The number of carbonyl (C=O) groups is 1. The number of Topliss-reactive ketones (excluding diaryl/α,β-unsaturated/α-hetero) is 1. The average molecular weight is 446 g/mol. The predicted molar refractivity (Wildman–Crippen MR) is 121 cm³/mol. The molecule has 0 saturated carbocycles. The first-order chi connectivity index (χ1) is 15.1. The number of ether oxygens (including phenoxy) is 1. The number of benzene rings is 1. The van der Waals surface area contributed by atoms with Gasteiger partial charge in [0.2, 0.25) is 0 Å². The quantitative estimate of drug-likeness (QED) is 0.657. The first-order valence-electron chi connectivity index (χ1n) is 11.1. The molecule has 5 nitrogen and oxygen atoms in total. The second-order valence-electron chi connectivity index (χ2n) is 8.51. The summed E-state index contributed by atoms with van der Waals surface area (Å²) in [5.74, 6) is 0.415. The summed E-state index contributed by atoms with van der Waals surface area (Å²) in [5, 5.41) is 7.08.